The zero-order chi connectivity index (χ0) is 19.0. The second kappa shape index (κ2) is 9.55. The lowest BCUT2D eigenvalue weighted by atomic mass is 10.1. The molecule has 138 valence electrons. The Bertz CT molecular complexity index is 634. The Hall–Kier alpha value is -2.72. The number of carbonyl (C=O) groups is 2. The summed E-state index contributed by atoms with van der Waals surface area (Å²) >= 11 is 0. The summed E-state index contributed by atoms with van der Waals surface area (Å²) in [5.41, 5.74) is -0.427. The van der Waals surface area contributed by atoms with Gasteiger partial charge in [-0.2, -0.15) is 0 Å². The number of nitro groups is 1. The Labute approximate surface area is 143 Å². The van der Waals surface area contributed by atoms with Crippen molar-refractivity contribution in [3.63, 3.8) is 0 Å². The third-order valence-electron chi connectivity index (χ3n) is 3.22. The van der Waals surface area contributed by atoms with Gasteiger partial charge in [-0.05, 0) is 26.0 Å². The molecule has 25 heavy (non-hydrogen) atoms. The van der Waals surface area contributed by atoms with Crippen LogP contribution in [0.15, 0.2) is 18.2 Å². The van der Waals surface area contributed by atoms with Gasteiger partial charge in [0.1, 0.15) is 24.0 Å². The minimum Gasteiger partial charge on any atom is -0.544 e. The molecule has 10 nitrogen and oxygen atoms in total. The number of ether oxygens (including phenoxy) is 1. The summed E-state index contributed by atoms with van der Waals surface area (Å²) in [7, 11) is 0. The van der Waals surface area contributed by atoms with E-state index < -0.39 is 35.4 Å². The quantitative estimate of drug-likeness (QED) is 0.336. The zero-order valence-electron chi connectivity index (χ0n) is 13.9. The van der Waals surface area contributed by atoms with Gasteiger partial charge in [-0.25, -0.2) is 0 Å². The number of aliphatic hydroxyl groups is 1. The zero-order valence-corrected chi connectivity index (χ0v) is 13.9. The van der Waals surface area contributed by atoms with Crippen LogP contribution in [0.1, 0.15) is 20.3 Å². The van der Waals surface area contributed by atoms with Crippen molar-refractivity contribution < 1.29 is 34.8 Å². The monoisotopic (exact) mass is 355 g/mol. The summed E-state index contributed by atoms with van der Waals surface area (Å²) in [4.78, 5) is 33.5. The lowest BCUT2D eigenvalue weighted by Crippen LogP contribution is -2.94. The Morgan fingerprint density at radius 2 is 2.12 bits per heavy atom. The van der Waals surface area contributed by atoms with Crippen molar-refractivity contribution in [2.45, 2.75) is 32.4 Å². The molecule has 0 spiro atoms. The molecule has 0 aliphatic carbocycles. The van der Waals surface area contributed by atoms with Crippen molar-refractivity contribution >= 4 is 23.3 Å². The molecule has 0 unspecified atom stereocenters. The smallest absolute Gasteiger partial charge is 0.296 e. The highest BCUT2D eigenvalue weighted by Gasteiger charge is 2.22. The fraction of sp³-hybridized carbons (Fsp3) is 0.467. The Kier molecular flexibility index (Phi) is 7.76. The minimum atomic E-state index is -1.46. The normalized spacial score (nSPS) is 12.9. The summed E-state index contributed by atoms with van der Waals surface area (Å²) in [6, 6.07) is 2.74. The minimum absolute atomic E-state index is 0.0638. The van der Waals surface area contributed by atoms with E-state index in [-0.39, 0.29) is 23.7 Å². The lowest BCUT2D eigenvalue weighted by molar-refractivity contribution is -0.687. The molecule has 10 heteroatoms. The maximum atomic E-state index is 12.0. The van der Waals surface area contributed by atoms with Gasteiger partial charge in [-0.15, -0.1) is 0 Å². The maximum Gasteiger partial charge on any atom is 0.296 e. The van der Waals surface area contributed by atoms with Gasteiger partial charge in [-0.1, -0.05) is 0 Å². The second-order valence-corrected chi connectivity index (χ2v) is 5.37. The van der Waals surface area contributed by atoms with Gasteiger partial charge in [0.05, 0.1) is 36.1 Å². The predicted octanol–water partition coefficient (Wildman–Crippen LogP) is -1.62. The van der Waals surface area contributed by atoms with Gasteiger partial charge in [0.15, 0.2) is 0 Å². The molecule has 1 rings (SSSR count). The van der Waals surface area contributed by atoms with E-state index >= 15 is 0 Å². The third kappa shape index (κ3) is 6.73. The largest absolute Gasteiger partial charge is 0.544 e. The molecule has 1 amide bonds. The molecule has 0 aromatic heterocycles. The van der Waals surface area contributed by atoms with Crippen LogP contribution in [-0.2, 0) is 9.59 Å². The summed E-state index contributed by atoms with van der Waals surface area (Å²) in [5.74, 6) is -1.90. The molecule has 4 N–H and O–H groups in total. The molecule has 0 fully saturated rings. The molecule has 0 radical (unpaired) electrons. The van der Waals surface area contributed by atoms with Gasteiger partial charge in [0.25, 0.3) is 5.69 Å². The highest BCUT2D eigenvalue weighted by Crippen LogP contribution is 2.29. The number of rotatable bonds is 10. The Morgan fingerprint density at radius 3 is 2.64 bits per heavy atom. The molecule has 0 saturated carbocycles. The van der Waals surface area contributed by atoms with Crippen LogP contribution in [0, 0.1) is 10.1 Å². The van der Waals surface area contributed by atoms with Crippen LogP contribution >= 0.6 is 0 Å². The summed E-state index contributed by atoms with van der Waals surface area (Å²) in [6.07, 6.45) is -1.21. The topological polar surface area (TPSA) is 158 Å². The van der Waals surface area contributed by atoms with Crippen molar-refractivity contribution in [2.75, 3.05) is 18.5 Å². The van der Waals surface area contributed by atoms with Gasteiger partial charge in [0.2, 0.25) is 5.91 Å². The first-order chi connectivity index (χ1) is 11.7. The first-order valence-electron chi connectivity index (χ1n) is 7.67. The SMILES string of the molecule is CCOc1ccc(NC(=O)C[C@H]([NH2+]C[C@@H](C)O)C(=O)[O-])c([N+](=O)[O-])c1. The number of aliphatic hydroxyl groups excluding tert-OH is 1. The second-order valence-electron chi connectivity index (χ2n) is 5.37. The first-order valence-corrected chi connectivity index (χ1v) is 7.67. The molecular formula is C15H21N3O7. The number of anilines is 1. The Balaban J connectivity index is 2.84. The van der Waals surface area contributed by atoms with Crippen molar-refractivity contribution in [1.29, 1.82) is 0 Å². The van der Waals surface area contributed by atoms with Crippen LogP contribution < -0.4 is 20.5 Å². The van der Waals surface area contributed by atoms with Crippen LogP contribution in [0.25, 0.3) is 0 Å². The van der Waals surface area contributed by atoms with Gasteiger partial charge in [0, 0.05) is 0 Å². The van der Waals surface area contributed by atoms with Crippen molar-refractivity contribution in [3.05, 3.63) is 28.3 Å². The number of quaternary nitrogens is 1. The fourth-order valence-electron chi connectivity index (χ4n) is 2.05. The van der Waals surface area contributed by atoms with Crippen LogP contribution in [0.3, 0.4) is 0 Å². The van der Waals surface area contributed by atoms with E-state index in [0.29, 0.717) is 6.61 Å². The summed E-state index contributed by atoms with van der Waals surface area (Å²) in [5, 5.41) is 35.0. The number of carboxylic acid groups (broad SMARTS) is 1. The number of hydrogen-bond acceptors (Lipinski definition) is 7. The van der Waals surface area contributed by atoms with E-state index in [0.717, 1.165) is 0 Å². The number of nitrogens with two attached hydrogens (primary N) is 1. The molecule has 0 aliphatic rings. The molecule has 2 atom stereocenters. The van der Waals surface area contributed by atoms with Crippen molar-refractivity contribution in [3.8, 4) is 5.75 Å². The average Bonchev–Trinajstić information content (AvgIpc) is 2.52. The van der Waals surface area contributed by atoms with E-state index in [1.807, 2.05) is 0 Å². The average molecular weight is 355 g/mol. The molecular weight excluding hydrogens is 334 g/mol. The number of nitrogens with zero attached hydrogens (tertiary/aromatic N) is 1. The molecule has 0 heterocycles. The standard InChI is InChI=1S/C15H21N3O7/c1-3-25-10-4-5-11(13(6-10)18(23)24)17-14(20)7-12(15(21)22)16-8-9(2)19/h4-6,9,12,16,19H,3,7-8H2,1-2H3,(H,17,20)(H,21,22)/t9-,12+/m1/s1. The number of hydrogen-bond donors (Lipinski definition) is 3. The molecule has 1 aromatic rings. The van der Waals surface area contributed by atoms with E-state index in [9.17, 15) is 29.9 Å². The van der Waals surface area contributed by atoms with Crippen molar-refractivity contribution in [2.24, 2.45) is 0 Å². The predicted molar refractivity (Wildman–Crippen MR) is 84.8 cm³/mol. The van der Waals surface area contributed by atoms with Crippen LogP contribution in [0.2, 0.25) is 0 Å². The van der Waals surface area contributed by atoms with E-state index in [2.05, 4.69) is 5.32 Å². The fourth-order valence-corrected chi connectivity index (χ4v) is 2.05. The highest BCUT2D eigenvalue weighted by molar-refractivity contribution is 5.95. The maximum absolute atomic E-state index is 12.0. The number of benzene rings is 1. The van der Waals surface area contributed by atoms with E-state index in [1.54, 1.807) is 6.92 Å². The molecule has 0 aliphatic heterocycles. The lowest BCUT2D eigenvalue weighted by Gasteiger charge is -2.17. The molecule has 0 saturated heterocycles. The third-order valence-corrected chi connectivity index (χ3v) is 3.22. The van der Waals surface area contributed by atoms with Gasteiger partial charge in [-0.3, -0.25) is 14.9 Å². The number of carboxylic acids is 1. The van der Waals surface area contributed by atoms with Gasteiger partial charge < -0.3 is 30.4 Å². The summed E-state index contributed by atoms with van der Waals surface area (Å²) < 4.78 is 5.18. The van der Waals surface area contributed by atoms with Crippen LogP contribution in [0.4, 0.5) is 11.4 Å². The number of nitro benzene ring substituents is 1. The number of nitrogens with one attached hydrogen (secondary N) is 1. The Morgan fingerprint density at radius 1 is 1.44 bits per heavy atom. The molecule has 1 aromatic carbocycles. The van der Waals surface area contributed by atoms with E-state index in [4.69, 9.17) is 4.74 Å². The number of amides is 1. The van der Waals surface area contributed by atoms with Gasteiger partial charge >= 0.3 is 0 Å². The number of aliphatic carboxylic acids is 1. The molecule has 0 bridgehead atoms. The van der Waals surface area contributed by atoms with Crippen molar-refractivity contribution in [1.82, 2.24) is 0 Å². The summed E-state index contributed by atoms with van der Waals surface area (Å²) in [6.45, 7) is 3.61. The highest BCUT2D eigenvalue weighted by atomic mass is 16.6. The van der Waals surface area contributed by atoms with Crippen LogP contribution in [0.5, 0.6) is 5.75 Å². The van der Waals surface area contributed by atoms with Crippen LogP contribution in [-0.4, -0.2) is 47.2 Å². The number of carbonyl (C=O) groups excluding carboxylic acids is 2. The first kappa shape index (κ1) is 20.3. The van der Waals surface area contributed by atoms with E-state index in [1.165, 1.54) is 30.4 Å².